The average Bonchev–Trinajstić information content (AvgIpc) is 3.28. The smallest absolute Gasteiger partial charge is 0.270 e. The number of benzene rings is 1. The molecule has 1 unspecified atom stereocenters. The summed E-state index contributed by atoms with van der Waals surface area (Å²) in [6.45, 7) is 9.13. The van der Waals surface area contributed by atoms with Crippen LogP contribution in [-0.2, 0) is 11.2 Å². The molecule has 0 aliphatic carbocycles. The molecule has 8 heteroatoms. The minimum atomic E-state index is -0.615. The quantitative estimate of drug-likeness (QED) is 0.655. The number of aliphatic imine (C=N–C) groups is 1. The maximum absolute atomic E-state index is 13.6. The number of amidine groups is 1. The van der Waals surface area contributed by atoms with E-state index in [9.17, 15) is 9.59 Å². The minimum absolute atomic E-state index is 0.211. The Morgan fingerprint density at radius 3 is 2.47 bits per heavy atom. The van der Waals surface area contributed by atoms with E-state index in [2.05, 4.69) is 31.1 Å². The van der Waals surface area contributed by atoms with Crippen molar-refractivity contribution in [1.82, 2.24) is 19.6 Å². The molecular weight excluding hydrogens is 404 g/mol. The second-order valence-electron chi connectivity index (χ2n) is 8.98. The summed E-state index contributed by atoms with van der Waals surface area (Å²) in [5, 5.41) is 4.58. The number of hydrogen-bond donors (Lipinski definition) is 0. The highest BCUT2D eigenvalue weighted by Crippen LogP contribution is 2.22. The van der Waals surface area contributed by atoms with Crippen LogP contribution in [0.1, 0.15) is 37.2 Å². The summed E-state index contributed by atoms with van der Waals surface area (Å²) in [4.78, 5) is 34.3. The second-order valence-corrected chi connectivity index (χ2v) is 8.98. The van der Waals surface area contributed by atoms with Gasteiger partial charge in [0.2, 0.25) is 11.9 Å². The molecule has 0 bridgehead atoms. The highest BCUT2D eigenvalue weighted by Gasteiger charge is 2.53. The first-order valence-electron chi connectivity index (χ1n) is 11.2. The van der Waals surface area contributed by atoms with Gasteiger partial charge in [0.25, 0.3) is 5.91 Å². The van der Waals surface area contributed by atoms with Crippen molar-refractivity contribution in [1.29, 1.82) is 0 Å². The summed E-state index contributed by atoms with van der Waals surface area (Å²) in [5.41, 5.74) is 3.02. The van der Waals surface area contributed by atoms with Gasteiger partial charge in [-0.25, -0.2) is 9.37 Å². The molecule has 168 valence electrons. The van der Waals surface area contributed by atoms with Crippen LogP contribution in [0.3, 0.4) is 0 Å². The first-order valence-corrected chi connectivity index (χ1v) is 11.2. The Balaban J connectivity index is 1.64. The van der Waals surface area contributed by atoms with Gasteiger partial charge >= 0.3 is 12.0 Å². The van der Waals surface area contributed by atoms with Crippen LogP contribution in [0.15, 0.2) is 41.4 Å². The molecule has 2 aromatic rings. The third-order valence-electron chi connectivity index (χ3n) is 5.84. The van der Waals surface area contributed by atoms with Crippen LogP contribution in [0.25, 0.3) is 0 Å². The summed E-state index contributed by atoms with van der Waals surface area (Å²) in [6.07, 6.45) is 1.53. The average molecular weight is 436 g/mol. The van der Waals surface area contributed by atoms with Crippen LogP contribution in [0.2, 0.25) is 0 Å². The van der Waals surface area contributed by atoms with Gasteiger partial charge in [0.05, 0.1) is 12.2 Å². The molecule has 4 rings (SSSR count). The zero-order valence-electron chi connectivity index (χ0n) is 19.4. The second kappa shape index (κ2) is 8.68. The summed E-state index contributed by atoms with van der Waals surface area (Å²) in [6, 6.07) is 11.2. The molecule has 1 aromatic carbocycles. The van der Waals surface area contributed by atoms with Crippen molar-refractivity contribution in [3.05, 3.63) is 53.3 Å². The Bertz CT molecular complexity index is 1100. The number of amides is 3. The topological polar surface area (TPSA) is 73.8 Å². The molecule has 3 amide bonds. The van der Waals surface area contributed by atoms with Gasteiger partial charge in [-0.2, -0.15) is 0 Å². The molecule has 0 spiro atoms. The van der Waals surface area contributed by atoms with Crippen molar-refractivity contribution in [2.45, 2.75) is 46.6 Å². The van der Waals surface area contributed by atoms with Gasteiger partial charge in [-0.05, 0) is 44.2 Å². The van der Waals surface area contributed by atoms with Gasteiger partial charge in [-0.3, -0.25) is 14.6 Å². The lowest BCUT2D eigenvalue weighted by Gasteiger charge is -2.34. The first kappa shape index (κ1) is 21.9. The molecule has 1 saturated heterocycles. The molecular formula is C24H31N6O2+. The van der Waals surface area contributed by atoms with Crippen molar-refractivity contribution in [3.8, 4) is 0 Å². The lowest BCUT2D eigenvalue weighted by molar-refractivity contribution is -0.543. The zero-order chi connectivity index (χ0) is 23.0. The third-order valence-corrected chi connectivity index (χ3v) is 5.84. The first-order chi connectivity index (χ1) is 15.3. The van der Waals surface area contributed by atoms with E-state index in [1.807, 2.05) is 42.7 Å². The zero-order valence-corrected chi connectivity index (χ0v) is 19.4. The molecule has 1 fully saturated rings. The maximum Gasteiger partial charge on any atom is 0.421 e. The number of urea groups is 1. The molecule has 0 saturated carbocycles. The normalized spacial score (nSPS) is 18.7. The van der Waals surface area contributed by atoms with E-state index in [-0.39, 0.29) is 11.9 Å². The highest BCUT2D eigenvalue weighted by atomic mass is 16.2. The molecule has 8 nitrogen and oxygen atoms in total. The van der Waals surface area contributed by atoms with Gasteiger partial charge in [0.15, 0.2) is 0 Å². The summed E-state index contributed by atoms with van der Waals surface area (Å²) in [5.74, 6) is 1.17. The number of rotatable bonds is 6. The molecule has 0 N–H and O–H groups in total. The van der Waals surface area contributed by atoms with Gasteiger partial charge in [0, 0.05) is 13.6 Å². The number of fused-ring (bicyclic) bond motifs is 1. The fraction of sp³-hybridized carbons (Fsp3) is 0.458. The van der Waals surface area contributed by atoms with E-state index >= 15 is 0 Å². The number of aromatic nitrogens is 2. The molecule has 3 heterocycles. The number of hydrogen-bond acceptors (Lipinski definition) is 4. The third kappa shape index (κ3) is 3.97. The molecule has 2 aliphatic rings. The lowest BCUT2D eigenvalue weighted by Crippen LogP contribution is -2.63. The van der Waals surface area contributed by atoms with Crippen LogP contribution in [0.4, 0.5) is 4.79 Å². The minimum Gasteiger partial charge on any atom is -0.270 e. The predicted molar refractivity (Wildman–Crippen MR) is 123 cm³/mol. The Labute approximate surface area is 188 Å². The van der Waals surface area contributed by atoms with Crippen LogP contribution in [-0.4, -0.2) is 74.1 Å². The number of imide groups is 1. The summed E-state index contributed by atoms with van der Waals surface area (Å²) < 4.78 is 3.77. The summed E-state index contributed by atoms with van der Waals surface area (Å²) >= 11 is 0. The Morgan fingerprint density at radius 2 is 1.84 bits per heavy atom. The van der Waals surface area contributed by atoms with Gasteiger partial charge in [-0.15, -0.1) is 9.78 Å². The van der Waals surface area contributed by atoms with E-state index in [1.54, 1.807) is 11.7 Å². The molecule has 1 atom stereocenters. The number of nitrogens with zero attached hydrogens (tertiary/aromatic N) is 6. The van der Waals surface area contributed by atoms with E-state index in [0.717, 1.165) is 17.8 Å². The van der Waals surface area contributed by atoms with Crippen molar-refractivity contribution in [2.75, 3.05) is 20.1 Å². The molecule has 1 aromatic heterocycles. The Morgan fingerprint density at radius 1 is 1.12 bits per heavy atom. The maximum atomic E-state index is 13.6. The van der Waals surface area contributed by atoms with Gasteiger partial charge in [0.1, 0.15) is 5.69 Å². The number of carbonyl (C=O) groups is 2. The van der Waals surface area contributed by atoms with Crippen molar-refractivity contribution >= 4 is 23.7 Å². The summed E-state index contributed by atoms with van der Waals surface area (Å²) in [7, 11) is 1.70. The van der Waals surface area contributed by atoms with E-state index in [4.69, 9.17) is 4.99 Å². The van der Waals surface area contributed by atoms with Crippen molar-refractivity contribution < 1.29 is 14.2 Å². The molecule has 2 aliphatic heterocycles. The Kier molecular flexibility index (Phi) is 5.95. The predicted octanol–water partition coefficient (Wildman–Crippen LogP) is 2.68. The van der Waals surface area contributed by atoms with Crippen LogP contribution in [0.5, 0.6) is 0 Å². The van der Waals surface area contributed by atoms with Crippen LogP contribution >= 0.6 is 0 Å². The van der Waals surface area contributed by atoms with Gasteiger partial charge in [-0.1, -0.05) is 49.2 Å². The number of carbonyl (C=O) groups excluding carboxylic acids is 2. The van der Waals surface area contributed by atoms with E-state index < -0.39 is 6.04 Å². The number of aryl methyl sites for hydroxylation is 3. The highest BCUT2D eigenvalue weighted by molar-refractivity contribution is 6.23. The monoisotopic (exact) mass is 435 g/mol. The SMILES string of the molecule is Cc1cc(C)n(C2=[N+](CC(C)C)C3C(=O)N(CCCc4ccccc4)C(=O)N(C)C3=N2)n1. The molecule has 0 radical (unpaired) electrons. The lowest BCUT2D eigenvalue weighted by atomic mass is 10.1. The largest absolute Gasteiger partial charge is 0.421 e. The fourth-order valence-electron chi connectivity index (χ4n) is 4.38. The van der Waals surface area contributed by atoms with Crippen LogP contribution < -0.4 is 0 Å². The number of likely N-dealkylation sites (N-methyl/N-ethyl adjacent to an activating group) is 1. The van der Waals surface area contributed by atoms with Crippen molar-refractivity contribution in [3.63, 3.8) is 0 Å². The molecule has 32 heavy (non-hydrogen) atoms. The standard InChI is InChI=1S/C24H31N6O2/c1-16(2)15-29-20-21(25-23(29)30-18(4)14-17(3)26-30)27(5)24(32)28(22(20)31)13-9-12-19-10-7-6-8-11-19/h6-8,10-11,14,16,20H,9,12-13,15H2,1-5H3/q+1. The van der Waals surface area contributed by atoms with Crippen molar-refractivity contribution in [2.24, 2.45) is 10.9 Å². The van der Waals surface area contributed by atoms with Crippen LogP contribution in [0, 0.1) is 19.8 Å². The van der Waals surface area contributed by atoms with Gasteiger partial charge < -0.3 is 0 Å². The fourth-order valence-corrected chi connectivity index (χ4v) is 4.38. The van der Waals surface area contributed by atoms with E-state index in [1.165, 1.54) is 15.4 Å². The Hall–Kier alpha value is -3.29. The van der Waals surface area contributed by atoms with E-state index in [0.29, 0.717) is 37.2 Å².